The Morgan fingerprint density at radius 2 is 1.83 bits per heavy atom. The van der Waals surface area contributed by atoms with Crippen LogP contribution in [0, 0.1) is 17.0 Å². The molecule has 0 fully saturated rings. The zero-order valence-corrected chi connectivity index (χ0v) is 13.3. The number of rotatable bonds is 6. The number of aryl methyl sites for hydroxylation is 1. The molecule has 24 heavy (non-hydrogen) atoms. The average molecular weight is 327 g/mol. The highest BCUT2D eigenvalue weighted by Crippen LogP contribution is 2.18. The Morgan fingerprint density at radius 1 is 1.21 bits per heavy atom. The van der Waals surface area contributed by atoms with Crippen LogP contribution in [0.2, 0.25) is 0 Å². The zero-order chi connectivity index (χ0) is 17.5. The van der Waals surface area contributed by atoms with E-state index in [4.69, 9.17) is 4.74 Å². The molecule has 0 radical (unpaired) electrons. The van der Waals surface area contributed by atoms with Crippen LogP contribution >= 0.6 is 0 Å². The van der Waals surface area contributed by atoms with Crippen molar-refractivity contribution in [3.63, 3.8) is 0 Å². The molecule has 1 atom stereocenters. The zero-order valence-electron chi connectivity index (χ0n) is 13.3. The van der Waals surface area contributed by atoms with E-state index in [2.05, 4.69) is 10.5 Å². The van der Waals surface area contributed by atoms with Crippen molar-refractivity contribution in [2.24, 2.45) is 5.10 Å². The van der Waals surface area contributed by atoms with Crippen molar-refractivity contribution >= 4 is 17.8 Å². The number of nitrogens with one attached hydrogen (secondary N) is 1. The number of nitrogens with zero attached hydrogens (tertiary/aromatic N) is 2. The van der Waals surface area contributed by atoms with Gasteiger partial charge in [0.05, 0.1) is 11.1 Å². The van der Waals surface area contributed by atoms with Gasteiger partial charge in [-0.25, -0.2) is 5.43 Å². The van der Waals surface area contributed by atoms with Crippen LogP contribution in [0.15, 0.2) is 53.6 Å². The first-order chi connectivity index (χ1) is 11.5. The summed E-state index contributed by atoms with van der Waals surface area (Å²) in [5, 5.41) is 14.5. The quantitative estimate of drug-likeness (QED) is 0.501. The molecule has 0 bridgehead atoms. The Hall–Kier alpha value is -3.22. The second kappa shape index (κ2) is 7.87. The predicted molar refractivity (Wildman–Crippen MR) is 90.1 cm³/mol. The van der Waals surface area contributed by atoms with Crippen molar-refractivity contribution in [2.45, 2.75) is 20.0 Å². The highest BCUT2D eigenvalue weighted by Gasteiger charge is 2.14. The van der Waals surface area contributed by atoms with Gasteiger partial charge in [0.1, 0.15) is 5.75 Å². The number of non-ortho nitro benzene ring substituents is 1. The van der Waals surface area contributed by atoms with Gasteiger partial charge in [-0.05, 0) is 31.5 Å². The molecule has 1 N–H and O–H groups in total. The molecule has 0 aromatic heterocycles. The molecule has 7 heteroatoms. The van der Waals surface area contributed by atoms with Crippen molar-refractivity contribution in [3.05, 3.63) is 69.8 Å². The van der Waals surface area contributed by atoms with Crippen molar-refractivity contribution in [1.82, 2.24) is 5.43 Å². The number of carbonyl (C=O) groups is 1. The molecule has 2 rings (SSSR count). The summed E-state index contributed by atoms with van der Waals surface area (Å²) in [6, 6.07) is 13.2. The number of benzene rings is 2. The van der Waals surface area contributed by atoms with Gasteiger partial charge in [0, 0.05) is 12.1 Å². The van der Waals surface area contributed by atoms with Crippen molar-refractivity contribution in [3.8, 4) is 5.75 Å². The minimum Gasteiger partial charge on any atom is -0.481 e. The van der Waals surface area contributed by atoms with Crippen LogP contribution in [0.4, 0.5) is 5.69 Å². The summed E-state index contributed by atoms with van der Waals surface area (Å²) in [5.41, 5.74) is 4.36. The first kappa shape index (κ1) is 17.1. The number of hydrogen-bond donors (Lipinski definition) is 1. The van der Waals surface area contributed by atoms with Crippen LogP contribution in [0.3, 0.4) is 0 Å². The van der Waals surface area contributed by atoms with E-state index < -0.39 is 16.9 Å². The maximum Gasteiger partial charge on any atom is 0.280 e. The largest absolute Gasteiger partial charge is 0.481 e. The molecular formula is C17H17N3O4. The molecule has 124 valence electrons. The first-order valence-corrected chi connectivity index (χ1v) is 7.26. The minimum absolute atomic E-state index is 0.0397. The van der Waals surface area contributed by atoms with Crippen LogP contribution in [-0.4, -0.2) is 23.1 Å². The molecule has 2 aromatic carbocycles. The van der Waals surface area contributed by atoms with Crippen LogP contribution in [0.5, 0.6) is 5.75 Å². The molecule has 2 aromatic rings. The third-order valence-corrected chi connectivity index (χ3v) is 3.20. The molecule has 7 nitrogen and oxygen atoms in total. The number of nitro benzene ring substituents is 1. The Bertz CT molecular complexity index is 739. The predicted octanol–water partition coefficient (Wildman–Crippen LogP) is 2.82. The third-order valence-electron chi connectivity index (χ3n) is 3.20. The number of ether oxygens (including phenoxy) is 1. The monoisotopic (exact) mass is 327 g/mol. The number of nitro groups is 1. The maximum absolute atomic E-state index is 11.9. The topological polar surface area (TPSA) is 93.8 Å². The van der Waals surface area contributed by atoms with Crippen molar-refractivity contribution in [2.75, 3.05) is 0 Å². The third kappa shape index (κ3) is 4.91. The fraction of sp³-hybridized carbons (Fsp3) is 0.176. The highest BCUT2D eigenvalue weighted by atomic mass is 16.6. The lowest BCUT2D eigenvalue weighted by Gasteiger charge is -2.12. The highest BCUT2D eigenvalue weighted by molar-refractivity contribution is 5.84. The lowest BCUT2D eigenvalue weighted by Crippen LogP contribution is -2.33. The lowest BCUT2D eigenvalue weighted by atomic mass is 10.2. The second-order valence-corrected chi connectivity index (χ2v) is 5.16. The fourth-order valence-corrected chi connectivity index (χ4v) is 1.82. The Morgan fingerprint density at radius 3 is 2.42 bits per heavy atom. The van der Waals surface area contributed by atoms with E-state index in [0.717, 1.165) is 11.1 Å². The summed E-state index contributed by atoms with van der Waals surface area (Å²) in [6.07, 6.45) is 0.747. The second-order valence-electron chi connectivity index (χ2n) is 5.16. The summed E-state index contributed by atoms with van der Waals surface area (Å²) < 4.78 is 5.42. The van der Waals surface area contributed by atoms with Gasteiger partial charge in [0.2, 0.25) is 0 Å². The molecule has 0 spiro atoms. The molecule has 0 aliphatic heterocycles. The van der Waals surface area contributed by atoms with Gasteiger partial charge in [0.15, 0.2) is 6.10 Å². The summed E-state index contributed by atoms with van der Waals surface area (Å²) >= 11 is 0. The van der Waals surface area contributed by atoms with E-state index >= 15 is 0 Å². The van der Waals surface area contributed by atoms with E-state index in [9.17, 15) is 14.9 Å². The molecule has 0 aliphatic rings. The van der Waals surface area contributed by atoms with Gasteiger partial charge < -0.3 is 4.74 Å². The van der Waals surface area contributed by atoms with Gasteiger partial charge >= 0.3 is 0 Å². The van der Waals surface area contributed by atoms with Crippen LogP contribution in [0.1, 0.15) is 18.1 Å². The number of carbonyl (C=O) groups excluding carboxylic acids is 1. The Labute approximate surface area is 139 Å². The fourth-order valence-electron chi connectivity index (χ4n) is 1.82. The van der Waals surface area contributed by atoms with E-state index in [0.29, 0.717) is 5.75 Å². The maximum atomic E-state index is 11.9. The van der Waals surface area contributed by atoms with Gasteiger partial charge in [-0.1, -0.05) is 29.8 Å². The molecule has 1 amide bonds. The van der Waals surface area contributed by atoms with E-state index in [1.807, 2.05) is 31.2 Å². The van der Waals surface area contributed by atoms with Crippen molar-refractivity contribution < 1.29 is 14.5 Å². The number of hydrazone groups is 1. The molecule has 0 saturated heterocycles. The average Bonchev–Trinajstić information content (AvgIpc) is 2.57. The van der Waals surface area contributed by atoms with Gasteiger partial charge in [-0.2, -0.15) is 5.10 Å². The summed E-state index contributed by atoms with van der Waals surface area (Å²) in [5.74, 6) is -0.0533. The standard InChI is InChI=1S/C17H17N3O4/c1-12-3-5-14(6-4-12)11-18-19-17(21)13(2)24-16-9-7-15(8-10-16)20(22)23/h3-11,13H,1-2H3,(H,19,21)/b18-11-/t13-/m1/s1. The van der Waals surface area contributed by atoms with Crippen LogP contribution in [0.25, 0.3) is 0 Å². The Kier molecular flexibility index (Phi) is 5.62. The molecule has 0 heterocycles. The number of hydrogen-bond acceptors (Lipinski definition) is 5. The smallest absolute Gasteiger partial charge is 0.280 e. The van der Waals surface area contributed by atoms with Gasteiger partial charge in [-0.3, -0.25) is 14.9 Å². The van der Waals surface area contributed by atoms with E-state index in [-0.39, 0.29) is 5.69 Å². The normalized spacial score (nSPS) is 11.9. The molecular weight excluding hydrogens is 310 g/mol. The van der Waals surface area contributed by atoms with Crippen LogP contribution < -0.4 is 10.2 Å². The van der Waals surface area contributed by atoms with E-state index in [1.54, 1.807) is 6.92 Å². The first-order valence-electron chi connectivity index (χ1n) is 7.26. The summed E-state index contributed by atoms with van der Waals surface area (Å²) in [7, 11) is 0. The number of amides is 1. The minimum atomic E-state index is -0.790. The van der Waals surface area contributed by atoms with E-state index in [1.165, 1.54) is 30.5 Å². The van der Waals surface area contributed by atoms with Crippen LogP contribution in [-0.2, 0) is 4.79 Å². The molecule has 0 aliphatic carbocycles. The molecule has 0 saturated carbocycles. The van der Waals surface area contributed by atoms with Crippen molar-refractivity contribution in [1.29, 1.82) is 0 Å². The van der Waals surface area contributed by atoms with Gasteiger partial charge in [0.25, 0.3) is 11.6 Å². The molecule has 0 unspecified atom stereocenters. The lowest BCUT2D eigenvalue weighted by molar-refractivity contribution is -0.384. The Balaban J connectivity index is 1.87. The van der Waals surface area contributed by atoms with Gasteiger partial charge in [-0.15, -0.1) is 0 Å². The SMILES string of the molecule is Cc1ccc(/C=N\NC(=O)[C@@H](C)Oc2ccc([N+](=O)[O-])cc2)cc1. The summed E-state index contributed by atoms with van der Waals surface area (Å²) in [6.45, 7) is 3.55. The summed E-state index contributed by atoms with van der Waals surface area (Å²) in [4.78, 5) is 22.0.